The molecule has 2 aromatic heterocycles. The Morgan fingerprint density at radius 3 is 2.73 bits per heavy atom. The molecule has 1 amide bonds. The van der Waals surface area contributed by atoms with Crippen LogP contribution in [0.2, 0.25) is 5.15 Å². The van der Waals surface area contributed by atoms with Crippen LogP contribution in [0, 0.1) is 19.8 Å². The third kappa shape index (κ3) is 4.14. The molecule has 0 saturated carbocycles. The number of carbonyl (C=O) groups excluding carboxylic acids is 1. The number of aryl methyl sites for hydroxylation is 2. The van der Waals surface area contributed by atoms with E-state index in [2.05, 4.69) is 34.5 Å². The van der Waals surface area contributed by atoms with Crippen molar-refractivity contribution >= 4 is 40.1 Å². The zero-order chi connectivity index (χ0) is 16.3. The van der Waals surface area contributed by atoms with Crippen molar-refractivity contribution in [3.63, 3.8) is 0 Å². The van der Waals surface area contributed by atoms with Crippen LogP contribution in [0.4, 0.5) is 5.13 Å². The topological polar surface area (TPSA) is 72.7 Å². The maximum absolute atomic E-state index is 11.9. The number of anilines is 1. The molecule has 0 fully saturated rings. The van der Waals surface area contributed by atoms with E-state index in [1.165, 1.54) is 17.4 Å². The van der Waals surface area contributed by atoms with Gasteiger partial charge in [0.05, 0.1) is 5.69 Å². The molecule has 1 N–H and O–H groups in total. The third-order valence-corrected chi connectivity index (χ3v) is 3.96. The fraction of sp³-hybridized carbons (Fsp3) is 0.429. The molecule has 0 saturated heterocycles. The highest BCUT2D eigenvalue weighted by Crippen LogP contribution is 2.22. The lowest BCUT2D eigenvalue weighted by molar-refractivity contribution is -0.111. The van der Waals surface area contributed by atoms with E-state index in [4.69, 9.17) is 11.6 Å². The largest absolute Gasteiger partial charge is 0.297 e. The molecule has 0 aliphatic rings. The Kier molecular flexibility index (Phi) is 5.31. The lowest BCUT2D eigenvalue weighted by Crippen LogP contribution is -2.07. The molecule has 22 heavy (non-hydrogen) atoms. The van der Waals surface area contributed by atoms with E-state index in [1.54, 1.807) is 10.8 Å². The smallest absolute Gasteiger partial charge is 0.250 e. The maximum atomic E-state index is 11.9. The minimum absolute atomic E-state index is 0.275. The van der Waals surface area contributed by atoms with Gasteiger partial charge in [-0.05, 0) is 25.8 Å². The third-order valence-electron chi connectivity index (χ3n) is 2.80. The predicted octanol–water partition coefficient (Wildman–Crippen LogP) is 3.31. The zero-order valence-corrected chi connectivity index (χ0v) is 14.5. The van der Waals surface area contributed by atoms with Gasteiger partial charge in [0.1, 0.15) is 10.2 Å². The van der Waals surface area contributed by atoms with E-state index in [0.717, 1.165) is 22.8 Å². The molecular formula is C14H18ClN5OS. The molecule has 0 aliphatic carbocycles. The average molecular weight is 340 g/mol. The van der Waals surface area contributed by atoms with Crippen LogP contribution in [0.25, 0.3) is 6.08 Å². The van der Waals surface area contributed by atoms with Gasteiger partial charge in [0, 0.05) is 18.2 Å². The molecule has 0 atom stereocenters. The number of nitrogens with zero attached hydrogens (tertiary/aromatic N) is 4. The molecule has 2 aromatic rings. The molecule has 2 rings (SSSR count). The highest BCUT2D eigenvalue weighted by atomic mass is 35.5. The monoisotopic (exact) mass is 339 g/mol. The normalized spacial score (nSPS) is 11.5. The van der Waals surface area contributed by atoms with Crippen molar-refractivity contribution in [2.24, 2.45) is 5.92 Å². The number of halogens is 1. The molecule has 0 spiro atoms. The van der Waals surface area contributed by atoms with Gasteiger partial charge in [0.15, 0.2) is 0 Å². The second-order valence-electron chi connectivity index (χ2n) is 5.31. The van der Waals surface area contributed by atoms with E-state index < -0.39 is 0 Å². The van der Waals surface area contributed by atoms with Crippen molar-refractivity contribution < 1.29 is 4.79 Å². The first-order chi connectivity index (χ1) is 10.4. The summed E-state index contributed by atoms with van der Waals surface area (Å²) in [6, 6.07) is 0. The van der Waals surface area contributed by atoms with Crippen molar-refractivity contribution in [2.75, 3.05) is 5.32 Å². The number of hydrogen-bond donors (Lipinski definition) is 1. The minimum atomic E-state index is -0.275. The maximum Gasteiger partial charge on any atom is 0.250 e. The molecule has 0 aliphatic heterocycles. The standard InChI is InChI=1S/C14H18ClN5OS/c1-8(2)7-20-13(15)11(9(3)19-20)5-6-12(21)16-14-18-17-10(4)22-14/h5-6,8H,7H2,1-4H3,(H,16,18,21)/b6-5+. The van der Waals surface area contributed by atoms with Gasteiger partial charge in [0.2, 0.25) is 11.0 Å². The first-order valence-corrected chi connectivity index (χ1v) is 8.08. The van der Waals surface area contributed by atoms with Gasteiger partial charge in [-0.1, -0.05) is 36.8 Å². The van der Waals surface area contributed by atoms with Crippen molar-refractivity contribution in [3.05, 3.63) is 27.5 Å². The minimum Gasteiger partial charge on any atom is -0.297 e. The summed E-state index contributed by atoms with van der Waals surface area (Å²) in [6.45, 7) is 8.63. The van der Waals surface area contributed by atoms with Crippen molar-refractivity contribution in [1.29, 1.82) is 0 Å². The first-order valence-electron chi connectivity index (χ1n) is 6.89. The fourth-order valence-corrected chi connectivity index (χ4v) is 2.78. The number of amides is 1. The molecule has 0 unspecified atom stereocenters. The summed E-state index contributed by atoms with van der Waals surface area (Å²) in [6.07, 6.45) is 3.09. The highest BCUT2D eigenvalue weighted by Gasteiger charge is 2.12. The van der Waals surface area contributed by atoms with Crippen LogP contribution in [-0.4, -0.2) is 25.9 Å². The van der Waals surface area contributed by atoms with Crippen LogP contribution in [0.3, 0.4) is 0 Å². The second kappa shape index (κ2) is 7.02. The van der Waals surface area contributed by atoms with Gasteiger partial charge in [-0.15, -0.1) is 10.2 Å². The Morgan fingerprint density at radius 1 is 1.41 bits per heavy atom. The Morgan fingerprint density at radius 2 is 2.14 bits per heavy atom. The second-order valence-corrected chi connectivity index (χ2v) is 6.85. The number of rotatable bonds is 5. The molecular weight excluding hydrogens is 322 g/mol. The summed E-state index contributed by atoms with van der Waals surface area (Å²) < 4.78 is 1.76. The summed E-state index contributed by atoms with van der Waals surface area (Å²) in [7, 11) is 0. The van der Waals surface area contributed by atoms with Crippen LogP contribution >= 0.6 is 22.9 Å². The lowest BCUT2D eigenvalue weighted by atomic mass is 10.2. The van der Waals surface area contributed by atoms with Crippen LogP contribution in [0.15, 0.2) is 6.08 Å². The summed E-state index contributed by atoms with van der Waals surface area (Å²) in [5.74, 6) is 0.167. The van der Waals surface area contributed by atoms with Crippen molar-refractivity contribution in [2.45, 2.75) is 34.2 Å². The summed E-state index contributed by atoms with van der Waals surface area (Å²) >= 11 is 7.64. The number of aromatic nitrogens is 4. The Balaban J connectivity index is 2.09. The van der Waals surface area contributed by atoms with Crippen LogP contribution in [0.5, 0.6) is 0 Å². The van der Waals surface area contributed by atoms with E-state index in [1.807, 2.05) is 13.8 Å². The SMILES string of the molecule is Cc1nnc(NC(=O)/C=C/c2c(C)nn(CC(C)C)c2Cl)s1. The predicted molar refractivity (Wildman–Crippen MR) is 89.1 cm³/mol. The molecule has 118 valence electrons. The number of hydrogen-bond acceptors (Lipinski definition) is 5. The van der Waals surface area contributed by atoms with E-state index in [0.29, 0.717) is 16.2 Å². The van der Waals surface area contributed by atoms with Gasteiger partial charge in [-0.3, -0.25) is 14.8 Å². The molecule has 6 nitrogen and oxygen atoms in total. The lowest BCUT2D eigenvalue weighted by Gasteiger charge is -2.05. The molecule has 0 bridgehead atoms. The fourth-order valence-electron chi connectivity index (χ4n) is 1.88. The first kappa shape index (κ1) is 16.6. The van der Waals surface area contributed by atoms with Gasteiger partial charge in [-0.25, -0.2) is 0 Å². The Labute approximate surface area is 138 Å². The summed E-state index contributed by atoms with van der Waals surface area (Å²) in [5, 5.41) is 16.6. The van der Waals surface area contributed by atoms with Crippen molar-refractivity contribution in [1.82, 2.24) is 20.0 Å². The van der Waals surface area contributed by atoms with Crippen LogP contribution in [0.1, 0.15) is 30.1 Å². The van der Waals surface area contributed by atoms with Crippen LogP contribution in [-0.2, 0) is 11.3 Å². The molecule has 0 aromatic carbocycles. The summed E-state index contributed by atoms with van der Waals surface area (Å²) in [4.78, 5) is 11.9. The van der Waals surface area contributed by atoms with Gasteiger partial charge < -0.3 is 0 Å². The van der Waals surface area contributed by atoms with Crippen molar-refractivity contribution in [3.8, 4) is 0 Å². The Bertz CT molecular complexity index is 704. The molecule has 8 heteroatoms. The molecule has 0 radical (unpaired) electrons. The highest BCUT2D eigenvalue weighted by molar-refractivity contribution is 7.15. The van der Waals surface area contributed by atoms with E-state index in [9.17, 15) is 4.79 Å². The van der Waals surface area contributed by atoms with Gasteiger partial charge >= 0.3 is 0 Å². The van der Waals surface area contributed by atoms with Crippen LogP contribution < -0.4 is 5.32 Å². The summed E-state index contributed by atoms with van der Waals surface area (Å²) in [5.41, 5.74) is 1.55. The number of nitrogens with one attached hydrogen (secondary N) is 1. The molecule has 2 heterocycles. The zero-order valence-electron chi connectivity index (χ0n) is 12.9. The number of carbonyl (C=O) groups is 1. The van der Waals surface area contributed by atoms with Gasteiger partial charge in [0.25, 0.3) is 0 Å². The van der Waals surface area contributed by atoms with E-state index >= 15 is 0 Å². The quantitative estimate of drug-likeness (QED) is 0.848. The average Bonchev–Trinajstić information content (AvgIpc) is 2.92. The van der Waals surface area contributed by atoms with Gasteiger partial charge in [-0.2, -0.15) is 5.10 Å². The van der Waals surface area contributed by atoms with E-state index in [-0.39, 0.29) is 5.91 Å². The Hall–Kier alpha value is -1.73.